The number of rotatable bonds is 6. The maximum Gasteiger partial charge on any atom is 0.0616 e. The fraction of sp³-hybridized carbons (Fsp3) is 0.538. The number of nitrogens with one attached hydrogen (secondary N) is 1. The van der Waals surface area contributed by atoms with Gasteiger partial charge in [0.2, 0.25) is 0 Å². The lowest BCUT2D eigenvalue weighted by Gasteiger charge is -2.20. The highest BCUT2D eigenvalue weighted by Crippen LogP contribution is 2.11. The molecule has 2 atom stereocenters. The van der Waals surface area contributed by atoms with Crippen LogP contribution in [0, 0.1) is 0 Å². The minimum Gasteiger partial charge on any atom is -0.380 e. The molecule has 0 amide bonds. The van der Waals surface area contributed by atoms with Crippen molar-refractivity contribution in [1.29, 1.82) is 0 Å². The Balaban J connectivity index is 2.38. The lowest BCUT2D eigenvalue weighted by Crippen LogP contribution is -2.32. The van der Waals surface area contributed by atoms with Gasteiger partial charge in [0.05, 0.1) is 6.61 Å². The predicted molar refractivity (Wildman–Crippen MR) is 63.9 cm³/mol. The molecule has 0 saturated heterocycles. The van der Waals surface area contributed by atoms with Crippen LogP contribution in [0.25, 0.3) is 0 Å². The molecule has 2 nitrogen and oxygen atoms in total. The monoisotopic (exact) mass is 207 g/mol. The second-order valence-corrected chi connectivity index (χ2v) is 3.86. The first-order chi connectivity index (χ1) is 7.24. The molecule has 1 aromatic rings. The smallest absolute Gasteiger partial charge is 0.0616 e. The highest BCUT2D eigenvalue weighted by atomic mass is 16.5. The quantitative estimate of drug-likeness (QED) is 0.774. The van der Waals surface area contributed by atoms with Crippen molar-refractivity contribution in [2.75, 3.05) is 13.2 Å². The van der Waals surface area contributed by atoms with Crippen LogP contribution in [0.2, 0.25) is 0 Å². The first kappa shape index (κ1) is 12.2. The van der Waals surface area contributed by atoms with Gasteiger partial charge in [0.1, 0.15) is 0 Å². The molecule has 84 valence electrons. The van der Waals surface area contributed by atoms with Crippen LogP contribution in [0.4, 0.5) is 0 Å². The van der Waals surface area contributed by atoms with E-state index in [1.165, 1.54) is 5.56 Å². The molecule has 0 aliphatic carbocycles. The van der Waals surface area contributed by atoms with Gasteiger partial charge in [-0.05, 0) is 26.3 Å². The summed E-state index contributed by atoms with van der Waals surface area (Å²) in [5.41, 5.74) is 1.32. The van der Waals surface area contributed by atoms with Crippen molar-refractivity contribution in [3.05, 3.63) is 35.9 Å². The second kappa shape index (κ2) is 6.59. The largest absolute Gasteiger partial charge is 0.380 e. The first-order valence-corrected chi connectivity index (χ1v) is 5.62. The Morgan fingerprint density at radius 1 is 1.20 bits per heavy atom. The maximum absolute atomic E-state index is 5.37. The van der Waals surface area contributed by atoms with Crippen molar-refractivity contribution in [2.45, 2.75) is 32.9 Å². The molecule has 0 bridgehead atoms. The third-order valence-electron chi connectivity index (χ3n) is 2.41. The van der Waals surface area contributed by atoms with Gasteiger partial charge >= 0.3 is 0 Å². The molecule has 1 N–H and O–H groups in total. The standard InChI is InChI=1S/C13H21NO/c1-4-15-10-11(2)14-12(3)13-8-6-5-7-9-13/h5-9,11-12,14H,4,10H2,1-3H3. The van der Waals surface area contributed by atoms with Crippen LogP contribution in [0.3, 0.4) is 0 Å². The van der Waals surface area contributed by atoms with Crippen LogP contribution < -0.4 is 5.32 Å². The zero-order chi connectivity index (χ0) is 11.1. The van der Waals surface area contributed by atoms with Crippen LogP contribution in [-0.2, 0) is 4.74 Å². The number of hydrogen-bond donors (Lipinski definition) is 1. The Morgan fingerprint density at radius 3 is 2.47 bits per heavy atom. The summed E-state index contributed by atoms with van der Waals surface area (Å²) in [7, 11) is 0. The number of ether oxygens (including phenoxy) is 1. The van der Waals surface area contributed by atoms with Crippen molar-refractivity contribution < 1.29 is 4.74 Å². The van der Waals surface area contributed by atoms with E-state index in [0.29, 0.717) is 12.1 Å². The summed E-state index contributed by atoms with van der Waals surface area (Å²) in [4.78, 5) is 0. The molecule has 1 aromatic carbocycles. The van der Waals surface area contributed by atoms with E-state index in [9.17, 15) is 0 Å². The van der Waals surface area contributed by atoms with E-state index in [0.717, 1.165) is 13.2 Å². The molecule has 0 heterocycles. The van der Waals surface area contributed by atoms with Gasteiger partial charge in [-0.2, -0.15) is 0 Å². The molecular weight excluding hydrogens is 186 g/mol. The zero-order valence-corrected chi connectivity index (χ0v) is 9.86. The fourth-order valence-electron chi connectivity index (χ4n) is 1.61. The van der Waals surface area contributed by atoms with Gasteiger partial charge in [0.15, 0.2) is 0 Å². The average Bonchev–Trinajstić information content (AvgIpc) is 2.27. The van der Waals surface area contributed by atoms with Gasteiger partial charge in [-0.1, -0.05) is 30.3 Å². The molecule has 1 rings (SSSR count). The minimum atomic E-state index is 0.377. The van der Waals surface area contributed by atoms with E-state index < -0.39 is 0 Å². The van der Waals surface area contributed by atoms with Crippen LogP contribution in [0.5, 0.6) is 0 Å². The van der Waals surface area contributed by atoms with E-state index in [1.807, 2.05) is 13.0 Å². The summed E-state index contributed by atoms with van der Waals surface area (Å²) in [6, 6.07) is 11.2. The SMILES string of the molecule is CCOCC(C)NC(C)c1ccccc1. The first-order valence-electron chi connectivity index (χ1n) is 5.62. The van der Waals surface area contributed by atoms with E-state index >= 15 is 0 Å². The number of benzene rings is 1. The van der Waals surface area contributed by atoms with Crippen molar-refractivity contribution in [3.63, 3.8) is 0 Å². The van der Waals surface area contributed by atoms with E-state index in [-0.39, 0.29) is 0 Å². The molecule has 0 aromatic heterocycles. The molecule has 0 fully saturated rings. The van der Waals surface area contributed by atoms with Gasteiger partial charge in [-0.25, -0.2) is 0 Å². The van der Waals surface area contributed by atoms with Gasteiger partial charge in [-0.3, -0.25) is 0 Å². The van der Waals surface area contributed by atoms with Gasteiger partial charge in [0, 0.05) is 18.7 Å². The normalized spacial score (nSPS) is 14.9. The summed E-state index contributed by atoms with van der Waals surface area (Å²) in [5.74, 6) is 0. The topological polar surface area (TPSA) is 21.3 Å². The summed E-state index contributed by atoms with van der Waals surface area (Å²) >= 11 is 0. The summed E-state index contributed by atoms with van der Waals surface area (Å²) < 4.78 is 5.37. The second-order valence-electron chi connectivity index (χ2n) is 3.86. The third kappa shape index (κ3) is 4.45. The molecular formula is C13H21NO. The Kier molecular flexibility index (Phi) is 5.37. The van der Waals surface area contributed by atoms with Crippen molar-refractivity contribution in [2.24, 2.45) is 0 Å². The van der Waals surface area contributed by atoms with Crippen LogP contribution in [-0.4, -0.2) is 19.3 Å². The summed E-state index contributed by atoms with van der Waals surface area (Å²) in [6.45, 7) is 7.90. The van der Waals surface area contributed by atoms with Crippen LogP contribution >= 0.6 is 0 Å². The zero-order valence-electron chi connectivity index (χ0n) is 9.86. The Bertz CT molecular complexity index is 260. The Morgan fingerprint density at radius 2 is 1.87 bits per heavy atom. The highest BCUT2D eigenvalue weighted by Gasteiger charge is 2.08. The average molecular weight is 207 g/mol. The number of hydrogen-bond acceptors (Lipinski definition) is 2. The van der Waals surface area contributed by atoms with E-state index in [1.54, 1.807) is 0 Å². The van der Waals surface area contributed by atoms with E-state index in [2.05, 4.69) is 43.4 Å². The molecule has 0 spiro atoms. The fourth-order valence-corrected chi connectivity index (χ4v) is 1.61. The molecule has 15 heavy (non-hydrogen) atoms. The Labute approximate surface area is 92.6 Å². The molecule has 0 aliphatic rings. The van der Waals surface area contributed by atoms with Crippen LogP contribution in [0.1, 0.15) is 32.4 Å². The van der Waals surface area contributed by atoms with Gasteiger partial charge < -0.3 is 10.1 Å². The van der Waals surface area contributed by atoms with Crippen molar-refractivity contribution in [1.82, 2.24) is 5.32 Å². The molecule has 0 radical (unpaired) electrons. The Hall–Kier alpha value is -0.860. The lowest BCUT2D eigenvalue weighted by atomic mass is 10.1. The summed E-state index contributed by atoms with van der Waals surface area (Å²) in [6.07, 6.45) is 0. The molecule has 2 unspecified atom stereocenters. The predicted octanol–water partition coefficient (Wildman–Crippen LogP) is 2.76. The third-order valence-corrected chi connectivity index (χ3v) is 2.41. The van der Waals surface area contributed by atoms with E-state index in [4.69, 9.17) is 4.74 Å². The van der Waals surface area contributed by atoms with Gasteiger partial charge in [-0.15, -0.1) is 0 Å². The lowest BCUT2D eigenvalue weighted by molar-refractivity contribution is 0.124. The highest BCUT2D eigenvalue weighted by molar-refractivity contribution is 5.18. The van der Waals surface area contributed by atoms with Gasteiger partial charge in [0.25, 0.3) is 0 Å². The maximum atomic E-state index is 5.37. The van der Waals surface area contributed by atoms with Crippen molar-refractivity contribution >= 4 is 0 Å². The molecule has 0 aliphatic heterocycles. The molecule has 0 saturated carbocycles. The molecule has 2 heteroatoms. The minimum absolute atomic E-state index is 0.377. The summed E-state index contributed by atoms with van der Waals surface area (Å²) in [5, 5.41) is 3.51. The van der Waals surface area contributed by atoms with Crippen LogP contribution in [0.15, 0.2) is 30.3 Å². The van der Waals surface area contributed by atoms with Crippen molar-refractivity contribution in [3.8, 4) is 0 Å².